The third-order valence-corrected chi connectivity index (χ3v) is 17.2. The fourth-order valence-electron chi connectivity index (χ4n) is 9.50. The number of halogens is 4. The van der Waals surface area contributed by atoms with Gasteiger partial charge in [0, 0.05) is 43.9 Å². The first-order valence-corrected chi connectivity index (χ1v) is 34.3. The zero-order valence-corrected chi connectivity index (χ0v) is 62.8. The summed E-state index contributed by atoms with van der Waals surface area (Å²) in [5.41, 5.74) is 16.1. The predicted molar refractivity (Wildman–Crippen MR) is 395 cm³/mol. The number of nitrogens with zero attached hydrogens (tertiary/aromatic N) is 4. The first kappa shape index (κ1) is 82.2. The Labute approximate surface area is 572 Å². The Morgan fingerprint density at radius 3 is 1.41 bits per heavy atom. The summed E-state index contributed by atoms with van der Waals surface area (Å²) in [5.74, 6) is 5.89. The predicted octanol–water partition coefficient (Wildman–Crippen LogP) is 25.6. The van der Waals surface area contributed by atoms with E-state index in [2.05, 4.69) is 236 Å². The molecule has 506 valence electrons. The topological polar surface area (TPSA) is 79.2 Å². The molecule has 0 aliphatic rings. The van der Waals surface area contributed by atoms with Crippen molar-refractivity contribution in [2.24, 2.45) is 0 Å². The van der Waals surface area contributed by atoms with E-state index in [9.17, 15) is 13.2 Å². The molecule has 4 aromatic heterocycles. The monoisotopic (exact) mass is 1330 g/mol. The average molecular weight is 1330 g/mol. The van der Waals surface area contributed by atoms with Gasteiger partial charge in [-0.3, -0.25) is 15.0 Å². The molecule has 5 aromatic carbocycles. The van der Waals surface area contributed by atoms with Crippen molar-refractivity contribution in [3.8, 4) is 28.4 Å². The fraction of sp³-hybridized carbons (Fsp3) is 0.425. The molecular weight excluding hydrogens is 1220 g/mol. The molecule has 0 atom stereocenters. The van der Waals surface area contributed by atoms with Gasteiger partial charge in [-0.25, -0.2) is 4.98 Å². The van der Waals surface area contributed by atoms with Gasteiger partial charge in [0.1, 0.15) is 17.2 Å². The van der Waals surface area contributed by atoms with Crippen LogP contribution in [0.5, 0.6) is 17.2 Å². The summed E-state index contributed by atoms with van der Waals surface area (Å²) >= 11 is 9.64. The van der Waals surface area contributed by atoms with Gasteiger partial charge in [-0.05, 0) is 213 Å². The number of pyridine rings is 1. The number of ether oxygens (including phenoxy) is 3. The van der Waals surface area contributed by atoms with E-state index >= 15 is 0 Å². The van der Waals surface area contributed by atoms with Crippen molar-refractivity contribution in [3.63, 3.8) is 0 Å². The van der Waals surface area contributed by atoms with Crippen molar-refractivity contribution < 1.29 is 27.4 Å². The van der Waals surface area contributed by atoms with Crippen LogP contribution in [0.3, 0.4) is 0 Å². The minimum absolute atomic E-state index is 0.163. The van der Waals surface area contributed by atoms with Crippen molar-refractivity contribution in [1.82, 2.24) is 19.9 Å². The second kappa shape index (κ2) is 41.8. The molecule has 9 aromatic rings. The number of rotatable bonds is 12. The minimum atomic E-state index is -4.62. The van der Waals surface area contributed by atoms with E-state index < -0.39 is 6.36 Å². The number of aryl methyl sites for hydroxylation is 7. The van der Waals surface area contributed by atoms with Gasteiger partial charge in [0.2, 0.25) is 0 Å². The van der Waals surface area contributed by atoms with Gasteiger partial charge < -0.3 is 14.2 Å². The van der Waals surface area contributed by atoms with Crippen molar-refractivity contribution in [3.05, 3.63) is 238 Å². The second-order valence-electron chi connectivity index (χ2n) is 25.3. The van der Waals surface area contributed by atoms with Crippen LogP contribution in [0.4, 0.5) is 13.2 Å². The molecule has 0 saturated carbocycles. The molecule has 0 fully saturated rings. The van der Waals surface area contributed by atoms with Crippen LogP contribution < -0.4 is 14.2 Å². The van der Waals surface area contributed by atoms with Gasteiger partial charge in [0.05, 0.1) is 36.3 Å². The van der Waals surface area contributed by atoms with Crippen LogP contribution in [0, 0.1) is 48.5 Å². The molecule has 93 heavy (non-hydrogen) atoms. The van der Waals surface area contributed by atoms with Gasteiger partial charge in [0.25, 0.3) is 0 Å². The van der Waals surface area contributed by atoms with Gasteiger partial charge in [0.15, 0.2) is 0 Å². The first-order chi connectivity index (χ1) is 43.6. The zero-order valence-electron chi connectivity index (χ0n) is 60.4. The molecule has 0 spiro atoms. The largest absolute Gasteiger partial charge is 0.573 e. The van der Waals surface area contributed by atoms with E-state index in [1.54, 1.807) is 38.7 Å². The number of alkyl halides is 3. The number of methoxy groups -OCH3 is 2. The van der Waals surface area contributed by atoms with Crippen LogP contribution >= 0.6 is 34.3 Å². The van der Waals surface area contributed by atoms with Crippen molar-refractivity contribution in [1.29, 1.82) is 0 Å². The molecule has 0 bridgehead atoms. The van der Waals surface area contributed by atoms with E-state index in [1.807, 2.05) is 86.0 Å². The molecule has 4 heterocycles. The highest BCUT2D eigenvalue weighted by Crippen LogP contribution is 2.34. The van der Waals surface area contributed by atoms with Crippen LogP contribution in [-0.4, -0.2) is 40.5 Å². The van der Waals surface area contributed by atoms with E-state index in [1.165, 1.54) is 87.7 Å². The van der Waals surface area contributed by atoms with Crippen molar-refractivity contribution in [2.75, 3.05) is 14.2 Å². The molecule has 0 amide bonds. The number of thiophene rings is 1. The maximum absolute atomic E-state index is 11.9. The SMILES string of the molecule is CC(C)c1cccc(OC(F)(F)F)c1.COc1ccc(-c2ccc(Cl)cc2)c(C(C)C)c1.COc1ccc(C(C)C)cc1.Cc1cc(C(C)C)c(C)s1.Cc1ccccc1C(C)C.Cc1ccnc(C(C)C)c1.Cc1nc(C)c(C(C)C)s1.Cc1nccnc1C(C)C. The van der Waals surface area contributed by atoms with Crippen LogP contribution in [0.1, 0.15) is 239 Å². The third-order valence-electron chi connectivity index (χ3n) is 14.5. The van der Waals surface area contributed by atoms with Crippen LogP contribution in [-0.2, 0) is 0 Å². The fourth-order valence-corrected chi connectivity index (χ4v) is 11.6. The summed E-state index contributed by atoms with van der Waals surface area (Å²) in [4.78, 5) is 21.3. The quantitative estimate of drug-likeness (QED) is 0.121. The first-order valence-electron chi connectivity index (χ1n) is 32.3. The Morgan fingerprint density at radius 1 is 0.441 bits per heavy atom. The molecule has 0 saturated heterocycles. The standard InChI is InChI=1S/C16H17ClO.C10H11F3O.C10H14O.C10H14.C9H13N.C9H14S.C8H12N2.C8H13NS/c1-11(2)16-10-14(18-3)8-9-15(16)12-4-6-13(17)7-5-12;1-7(2)8-4-3-5-9(6-8)14-10(11,12)13;1-8(2)9-4-6-10(11-3)7-5-9;1-8(2)10-7-5-4-6-9(10)3;1-7(2)9-6-8(3)4-5-10-9;1-6(2)9-5-7(3)10-8(9)4;1-6(2)8-7(3)9-4-5-10-8;1-5(2)8-6(3)9-7(4)10-8/h4-11H,1-3H3;3-7H,1-2H3;4-8H,1-3H3;4-8H,1-3H3;4-7H,1-3H3;5-6H,1-4H3;4-6H,1-3H3;5H,1-4H3. The molecule has 0 aliphatic heterocycles. The summed E-state index contributed by atoms with van der Waals surface area (Å²) in [6.45, 7) is 49.2. The maximum atomic E-state index is 11.9. The number of aromatic nitrogens is 4. The lowest BCUT2D eigenvalue weighted by Gasteiger charge is -2.14. The van der Waals surface area contributed by atoms with E-state index in [0.29, 0.717) is 41.4 Å². The van der Waals surface area contributed by atoms with E-state index in [0.717, 1.165) is 33.5 Å². The maximum Gasteiger partial charge on any atom is 0.573 e. The highest BCUT2D eigenvalue weighted by atomic mass is 35.5. The zero-order chi connectivity index (χ0) is 70.3. The normalized spacial score (nSPS) is 10.8. The van der Waals surface area contributed by atoms with Crippen LogP contribution in [0.15, 0.2) is 152 Å². The lowest BCUT2D eigenvalue weighted by molar-refractivity contribution is -0.274. The lowest BCUT2D eigenvalue weighted by Crippen LogP contribution is -2.17. The number of thiazole rings is 1. The average Bonchev–Trinajstić information content (AvgIpc) is 1.70. The Hall–Kier alpha value is -6.86. The number of hydrogen-bond donors (Lipinski definition) is 0. The van der Waals surface area contributed by atoms with E-state index in [4.69, 9.17) is 21.1 Å². The van der Waals surface area contributed by atoms with Gasteiger partial charge in [-0.15, -0.1) is 35.8 Å². The summed E-state index contributed by atoms with van der Waals surface area (Å²) in [7, 11) is 3.38. The molecule has 7 nitrogen and oxygen atoms in total. The van der Waals surface area contributed by atoms with Crippen LogP contribution in [0.2, 0.25) is 5.02 Å². The summed E-state index contributed by atoms with van der Waals surface area (Å²) in [6, 6.07) is 43.4. The van der Waals surface area contributed by atoms with Gasteiger partial charge in [-0.1, -0.05) is 189 Å². The molecular formula is C80H108ClF3N4O3S2. The second-order valence-corrected chi connectivity index (χ2v) is 28.4. The smallest absolute Gasteiger partial charge is 0.497 e. The highest BCUT2D eigenvalue weighted by molar-refractivity contribution is 7.12. The Balaban J connectivity index is 0.000000366. The summed E-state index contributed by atoms with van der Waals surface area (Å²) < 4.78 is 49.7. The molecule has 13 heteroatoms. The third kappa shape index (κ3) is 31.3. The Bertz CT molecular complexity index is 3430. The molecule has 0 aliphatic carbocycles. The summed E-state index contributed by atoms with van der Waals surface area (Å²) in [5, 5.41) is 1.94. The highest BCUT2D eigenvalue weighted by Gasteiger charge is 2.31. The van der Waals surface area contributed by atoms with Crippen molar-refractivity contribution >= 4 is 34.3 Å². The Morgan fingerprint density at radius 2 is 1.01 bits per heavy atom. The molecule has 9 rings (SSSR count). The van der Waals surface area contributed by atoms with Gasteiger partial charge in [-0.2, -0.15) is 0 Å². The number of hydrogen-bond acceptors (Lipinski definition) is 9. The van der Waals surface area contributed by atoms with Gasteiger partial charge >= 0.3 is 6.36 Å². The lowest BCUT2D eigenvalue weighted by atomic mass is 9.92. The summed E-state index contributed by atoms with van der Waals surface area (Å²) in [6.07, 6.45) is 0.712. The minimum Gasteiger partial charge on any atom is -0.497 e. The molecule has 0 N–H and O–H groups in total. The number of benzene rings is 5. The van der Waals surface area contributed by atoms with E-state index in [-0.39, 0.29) is 11.7 Å². The van der Waals surface area contributed by atoms with Crippen molar-refractivity contribution in [2.45, 2.75) is 213 Å². The Kier molecular flexibility index (Phi) is 36.9. The molecule has 0 radical (unpaired) electrons. The molecule has 0 unspecified atom stereocenters. The van der Waals surface area contributed by atoms with Crippen LogP contribution in [0.25, 0.3) is 11.1 Å².